The van der Waals surface area contributed by atoms with Gasteiger partial charge in [0.1, 0.15) is 32.2 Å². The summed E-state index contributed by atoms with van der Waals surface area (Å²) < 4.78 is 0. The number of hydrogen-bond acceptors (Lipinski definition) is 2. The van der Waals surface area contributed by atoms with Crippen molar-refractivity contribution in [2.75, 3.05) is 31.1 Å². The maximum Gasteiger partial charge on any atom is 0.292 e. The number of quaternary nitrogens is 2. The molecule has 0 radical (unpaired) electrons. The largest absolute Gasteiger partial charge is 0.316 e. The number of anilines is 1. The number of amides is 2. The number of carbonyl (C=O) groups excluding carboxylic acids is 2. The molecule has 3 aromatic carbocycles. The van der Waals surface area contributed by atoms with Crippen molar-refractivity contribution < 1.29 is 19.4 Å². The number of benzene rings is 3. The predicted molar refractivity (Wildman–Crippen MR) is 133 cm³/mol. The third-order valence-electron chi connectivity index (χ3n) is 7.44. The lowest BCUT2D eigenvalue weighted by atomic mass is 9.96. The van der Waals surface area contributed by atoms with Crippen LogP contribution >= 0.6 is 0 Å². The summed E-state index contributed by atoms with van der Waals surface area (Å²) in [5.41, 5.74) is 5.48. The minimum Gasteiger partial charge on any atom is -0.316 e. The fourth-order valence-corrected chi connectivity index (χ4v) is 5.74. The van der Waals surface area contributed by atoms with Crippen LogP contribution < -0.4 is 14.7 Å². The Morgan fingerprint density at radius 1 is 0.794 bits per heavy atom. The lowest BCUT2D eigenvalue weighted by molar-refractivity contribution is -1.03. The fraction of sp³-hybridized carbons (Fsp3) is 0.310. The van der Waals surface area contributed by atoms with Crippen LogP contribution in [0.5, 0.6) is 0 Å². The zero-order valence-electron chi connectivity index (χ0n) is 20.0. The minimum absolute atomic E-state index is 0.0435. The average Bonchev–Trinajstić information content (AvgIpc) is 3.15. The summed E-state index contributed by atoms with van der Waals surface area (Å²) in [6, 6.07) is 27.3. The Labute approximate surface area is 201 Å². The molecule has 174 valence electrons. The molecule has 0 aliphatic carbocycles. The van der Waals surface area contributed by atoms with Crippen LogP contribution in [0.25, 0.3) is 0 Å². The molecule has 0 unspecified atom stereocenters. The predicted octanol–water partition coefficient (Wildman–Crippen LogP) is 1.51. The molecule has 0 aromatic heterocycles. The van der Waals surface area contributed by atoms with Crippen LogP contribution in [-0.2, 0) is 9.59 Å². The van der Waals surface area contributed by atoms with Gasteiger partial charge in [0.15, 0.2) is 6.04 Å². The summed E-state index contributed by atoms with van der Waals surface area (Å²) in [6.07, 6.45) is 0.303. The van der Waals surface area contributed by atoms with Crippen molar-refractivity contribution in [1.82, 2.24) is 0 Å². The van der Waals surface area contributed by atoms with Crippen molar-refractivity contribution in [3.63, 3.8) is 0 Å². The Morgan fingerprint density at radius 3 is 1.94 bits per heavy atom. The van der Waals surface area contributed by atoms with Gasteiger partial charge in [-0.2, -0.15) is 0 Å². The highest BCUT2D eigenvalue weighted by atomic mass is 16.2. The molecular formula is C29H33N3O2+2. The number of piperazine rings is 1. The number of imide groups is 1. The third kappa shape index (κ3) is 4.29. The summed E-state index contributed by atoms with van der Waals surface area (Å²) in [5, 5.41) is 0. The molecule has 0 bridgehead atoms. The van der Waals surface area contributed by atoms with E-state index in [9.17, 15) is 9.59 Å². The molecule has 2 fully saturated rings. The van der Waals surface area contributed by atoms with Gasteiger partial charge in [0.05, 0.1) is 12.1 Å². The highest BCUT2D eigenvalue weighted by Gasteiger charge is 2.47. The molecule has 2 amide bonds. The molecule has 2 aliphatic rings. The summed E-state index contributed by atoms with van der Waals surface area (Å²) in [5.74, 6) is -0.117. The van der Waals surface area contributed by atoms with E-state index in [0.717, 1.165) is 43.0 Å². The minimum atomic E-state index is -0.276. The van der Waals surface area contributed by atoms with Gasteiger partial charge in [0.2, 0.25) is 5.91 Å². The second-order valence-electron chi connectivity index (χ2n) is 9.68. The van der Waals surface area contributed by atoms with Crippen LogP contribution in [0, 0.1) is 13.8 Å². The van der Waals surface area contributed by atoms with Crippen LogP contribution in [0.15, 0.2) is 78.9 Å². The van der Waals surface area contributed by atoms with E-state index in [1.165, 1.54) is 25.8 Å². The number of nitrogens with one attached hydrogen (secondary N) is 2. The van der Waals surface area contributed by atoms with E-state index in [4.69, 9.17) is 0 Å². The highest BCUT2D eigenvalue weighted by molar-refractivity contribution is 6.22. The summed E-state index contributed by atoms with van der Waals surface area (Å²) >= 11 is 0. The second-order valence-corrected chi connectivity index (χ2v) is 9.68. The van der Waals surface area contributed by atoms with Gasteiger partial charge < -0.3 is 9.80 Å². The van der Waals surface area contributed by atoms with Crippen LogP contribution in [0.1, 0.15) is 34.7 Å². The number of rotatable bonds is 5. The van der Waals surface area contributed by atoms with E-state index in [2.05, 4.69) is 60.7 Å². The molecule has 5 nitrogen and oxygen atoms in total. The number of nitrogens with zero attached hydrogens (tertiary/aromatic N) is 1. The zero-order valence-corrected chi connectivity index (χ0v) is 20.0. The first-order valence-electron chi connectivity index (χ1n) is 12.3. The van der Waals surface area contributed by atoms with E-state index in [1.54, 1.807) is 0 Å². The molecule has 34 heavy (non-hydrogen) atoms. The molecule has 5 heteroatoms. The third-order valence-corrected chi connectivity index (χ3v) is 7.44. The van der Waals surface area contributed by atoms with Crippen LogP contribution in [0.4, 0.5) is 5.69 Å². The van der Waals surface area contributed by atoms with Crippen LogP contribution in [0.3, 0.4) is 0 Å². The maximum absolute atomic E-state index is 13.4. The first-order chi connectivity index (χ1) is 16.5. The Bertz CT molecular complexity index is 1130. The molecule has 0 saturated carbocycles. The van der Waals surface area contributed by atoms with Gasteiger partial charge in [-0.1, -0.05) is 78.4 Å². The standard InChI is InChI=1S/C29H31N3O2/c1-21-13-14-25(22(2)19-21)32-27(33)20-26(29(32)34)30-15-17-31(18-16-30)28(23-9-5-3-6-10-23)24-11-7-4-8-12-24/h3-14,19,26,28H,15-18,20H2,1-2H3/p+2/t26-/m1/s1. The van der Waals surface area contributed by atoms with Crippen LogP contribution in [0.2, 0.25) is 0 Å². The molecule has 2 aliphatic heterocycles. The van der Waals surface area contributed by atoms with Crippen LogP contribution in [-0.4, -0.2) is 44.0 Å². The normalized spacial score (nSPS) is 23.0. The summed E-state index contributed by atoms with van der Waals surface area (Å²) in [6.45, 7) is 7.69. The average molecular weight is 456 g/mol. The van der Waals surface area contributed by atoms with E-state index < -0.39 is 0 Å². The monoisotopic (exact) mass is 455 g/mol. The number of aryl methyl sites for hydroxylation is 2. The van der Waals surface area contributed by atoms with Gasteiger partial charge >= 0.3 is 0 Å². The quantitative estimate of drug-likeness (QED) is 0.573. The Hall–Kier alpha value is -3.28. The van der Waals surface area contributed by atoms with E-state index in [-0.39, 0.29) is 23.9 Å². The zero-order chi connectivity index (χ0) is 23.7. The van der Waals surface area contributed by atoms with Crippen molar-refractivity contribution >= 4 is 17.5 Å². The van der Waals surface area contributed by atoms with Crippen molar-refractivity contribution in [1.29, 1.82) is 0 Å². The highest BCUT2D eigenvalue weighted by Crippen LogP contribution is 2.26. The van der Waals surface area contributed by atoms with Gasteiger partial charge in [0.25, 0.3) is 5.91 Å². The lowest BCUT2D eigenvalue weighted by Gasteiger charge is -2.36. The molecule has 0 spiro atoms. The molecule has 3 aromatic rings. The SMILES string of the molecule is Cc1ccc(N2C(=O)C[C@@H]([NH+]3CC[NH+](C(c4ccccc4)c4ccccc4)CC3)C2=O)c(C)c1. The van der Waals surface area contributed by atoms with Gasteiger partial charge in [-0.3, -0.25) is 9.59 Å². The molecule has 2 N–H and O–H groups in total. The fourth-order valence-electron chi connectivity index (χ4n) is 5.74. The second kappa shape index (κ2) is 9.53. The summed E-state index contributed by atoms with van der Waals surface area (Å²) in [4.78, 5) is 30.5. The van der Waals surface area contributed by atoms with Gasteiger partial charge in [0, 0.05) is 11.1 Å². The van der Waals surface area contributed by atoms with E-state index in [0.29, 0.717) is 6.42 Å². The molecule has 2 saturated heterocycles. The Morgan fingerprint density at radius 2 is 1.38 bits per heavy atom. The van der Waals surface area contributed by atoms with Gasteiger partial charge in [-0.25, -0.2) is 4.90 Å². The first kappa shape index (κ1) is 22.5. The van der Waals surface area contributed by atoms with Crippen molar-refractivity contribution in [3.8, 4) is 0 Å². The van der Waals surface area contributed by atoms with Crippen molar-refractivity contribution in [2.24, 2.45) is 0 Å². The smallest absolute Gasteiger partial charge is 0.292 e. The number of hydrogen-bond donors (Lipinski definition) is 2. The Balaban J connectivity index is 1.32. The van der Waals surface area contributed by atoms with Crippen molar-refractivity contribution in [3.05, 3.63) is 101 Å². The topological polar surface area (TPSA) is 46.3 Å². The lowest BCUT2D eigenvalue weighted by Crippen LogP contribution is -3.30. The summed E-state index contributed by atoms with van der Waals surface area (Å²) in [7, 11) is 0. The number of carbonyl (C=O) groups is 2. The molecular weight excluding hydrogens is 422 g/mol. The molecule has 2 heterocycles. The molecule has 5 rings (SSSR count). The maximum atomic E-state index is 13.4. The Kier molecular flexibility index (Phi) is 6.31. The van der Waals surface area contributed by atoms with Gasteiger partial charge in [-0.15, -0.1) is 0 Å². The van der Waals surface area contributed by atoms with E-state index in [1.807, 2.05) is 32.0 Å². The van der Waals surface area contributed by atoms with E-state index >= 15 is 0 Å². The van der Waals surface area contributed by atoms with Crippen molar-refractivity contribution in [2.45, 2.75) is 32.4 Å². The molecule has 1 atom stereocenters. The van der Waals surface area contributed by atoms with Gasteiger partial charge in [-0.05, 0) is 25.5 Å². The first-order valence-corrected chi connectivity index (χ1v) is 12.3.